The highest BCUT2D eigenvalue weighted by atomic mass is 127. The van der Waals surface area contributed by atoms with Crippen LogP contribution in [0.25, 0.3) is 0 Å². The average molecular weight is 444 g/mol. The number of anilines is 1. The molecule has 2 aromatic rings. The molecule has 0 spiro atoms. The van der Waals surface area contributed by atoms with Crippen LogP contribution in [0.3, 0.4) is 0 Å². The molecule has 4 nitrogen and oxygen atoms in total. The van der Waals surface area contributed by atoms with E-state index >= 15 is 0 Å². The van der Waals surface area contributed by atoms with E-state index in [0.717, 1.165) is 3.57 Å². The van der Waals surface area contributed by atoms with Crippen molar-refractivity contribution in [3.63, 3.8) is 0 Å². The van der Waals surface area contributed by atoms with Gasteiger partial charge in [-0.2, -0.15) is 0 Å². The van der Waals surface area contributed by atoms with E-state index in [1.165, 1.54) is 0 Å². The Morgan fingerprint density at radius 2 is 2.17 bits per heavy atom. The molecule has 0 saturated heterocycles. The first-order valence-electron chi connectivity index (χ1n) is 7.12. The van der Waals surface area contributed by atoms with Gasteiger partial charge < -0.3 is 14.4 Å². The van der Waals surface area contributed by atoms with Crippen molar-refractivity contribution in [2.75, 3.05) is 18.6 Å². The molecule has 2 aromatic carbocycles. The van der Waals surface area contributed by atoms with Gasteiger partial charge in [0.15, 0.2) is 5.75 Å². The molecule has 1 aliphatic heterocycles. The first kappa shape index (κ1) is 16.4. The second kappa shape index (κ2) is 6.57. The highest BCUT2D eigenvalue weighted by Gasteiger charge is 2.31. The molecule has 1 amide bonds. The average Bonchev–Trinajstić information content (AvgIpc) is 2.54. The van der Waals surface area contributed by atoms with Crippen LogP contribution in [0, 0.1) is 3.57 Å². The summed E-state index contributed by atoms with van der Waals surface area (Å²) in [7, 11) is 1.56. The van der Waals surface area contributed by atoms with E-state index in [1.54, 1.807) is 24.1 Å². The molecule has 1 heterocycles. The largest absolute Gasteiger partial charge is 0.496 e. The SMILES string of the molecule is COc1ccc(I)cc1C(=O)N1C[C@H](C)Oc2c(Cl)cccc21. The zero-order chi connectivity index (χ0) is 16.6. The summed E-state index contributed by atoms with van der Waals surface area (Å²) in [5, 5.41) is 0.501. The van der Waals surface area contributed by atoms with Crippen LogP contribution in [0.4, 0.5) is 5.69 Å². The number of carbonyl (C=O) groups is 1. The second-order valence-electron chi connectivity index (χ2n) is 5.28. The third-order valence-electron chi connectivity index (χ3n) is 3.63. The highest BCUT2D eigenvalue weighted by molar-refractivity contribution is 14.1. The molecule has 120 valence electrons. The third-order valence-corrected chi connectivity index (χ3v) is 4.60. The van der Waals surface area contributed by atoms with Gasteiger partial charge in [0.05, 0.1) is 29.9 Å². The maximum atomic E-state index is 13.1. The number of rotatable bonds is 2. The normalized spacial score (nSPS) is 16.5. The second-order valence-corrected chi connectivity index (χ2v) is 6.93. The molecule has 0 radical (unpaired) electrons. The monoisotopic (exact) mass is 443 g/mol. The van der Waals surface area contributed by atoms with Crippen LogP contribution in [-0.4, -0.2) is 25.7 Å². The number of carbonyl (C=O) groups excluding carboxylic acids is 1. The molecule has 3 rings (SSSR count). The van der Waals surface area contributed by atoms with Gasteiger partial charge in [0.1, 0.15) is 11.9 Å². The van der Waals surface area contributed by atoms with Gasteiger partial charge in [-0.25, -0.2) is 0 Å². The maximum Gasteiger partial charge on any atom is 0.262 e. The lowest BCUT2D eigenvalue weighted by molar-refractivity contribution is 0.0958. The van der Waals surface area contributed by atoms with Crippen molar-refractivity contribution in [1.82, 2.24) is 0 Å². The molecule has 1 atom stereocenters. The van der Waals surface area contributed by atoms with Crippen LogP contribution in [-0.2, 0) is 0 Å². The Morgan fingerprint density at radius 3 is 2.91 bits per heavy atom. The van der Waals surface area contributed by atoms with E-state index in [9.17, 15) is 4.79 Å². The van der Waals surface area contributed by atoms with Gasteiger partial charge in [-0.1, -0.05) is 17.7 Å². The fourth-order valence-corrected chi connectivity index (χ4v) is 3.31. The third kappa shape index (κ3) is 3.12. The van der Waals surface area contributed by atoms with Crippen LogP contribution in [0.2, 0.25) is 5.02 Å². The predicted molar refractivity (Wildman–Crippen MR) is 98.9 cm³/mol. The summed E-state index contributed by atoms with van der Waals surface area (Å²) in [5.74, 6) is 0.975. The first-order valence-corrected chi connectivity index (χ1v) is 8.57. The summed E-state index contributed by atoms with van der Waals surface area (Å²) < 4.78 is 12.1. The smallest absolute Gasteiger partial charge is 0.262 e. The Bertz CT molecular complexity index is 765. The molecule has 0 fully saturated rings. The van der Waals surface area contributed by atoms with Crippen molar-refractivity contribution in [3.8, 4) is 11.5 Å². The van der Waals surface area contributed by atoms with Crippen molar-refractivity contribution in [2.24, 2.45) is 0 Å². The molecule has 6 heteroatoms. The number of amides is 1. The minimum atomic E-state index is -0.139. The number of benzene rings is 2. The van der Waals surface area contributed by atoms with Gasteiger partial charge in [-0.15, -0.1) is 0 Å². The fraction of sp³-hybridized carbons (Fsp3) is 0.235. The van der Waals surface area contributed by atoms with Crippen molar-refractivity contribution in [1.29, 1.82) is 0 Å². The Labute approximate surface area is 153 Å². The maximum absolute atomic E-state index is 13.1. The van der Waals surface area contributed by atoms with Gasteiger partial charge in [-0.3, -0.25) is 4.79 Å². The van der Waals surface area contributed by atoms with Crippen molar-refractivity contribution in [3.05, 3.63) is 50.6 Å². The van der Waals surface area contributed by atoms with Gasteiger partial charge in [0.25, 0.3) is 5.91 Å². The van der Waals surface area contributed by atoms with Gasteiger partial charge in [0.2, 0.25) is 0 Å². The van der Waals surface area contributed by atoms with Gasteiger partial charge in [-0.05, 0) is 59.8 Å². The quantitative estimate of drug-likeness (QED) is 0.647. The number of para-hydroxylation sites is 1. The minimum Gasteiger partial charge on any atom is -0.496 e. The Morgan fingerprint density at radius 1 is 1.39 bits per heavy atom. The molecule has 0 saturated carbocycles. The Kier molecular flexibility index (Phi) is 4.68. The standard InChI is InChI=1S/C17H15ClINO3/c1-10-9-20(14-5-3-4-13(18)16(14)23-10)17(21)12-8-11(19)6-7-15(12)22-2/h3-8,10H,9H2,1-2H3/t10-/m0/s1. The van der Waals surface area contributed by atoms with Crippen molar-refractivity contribution in [2.45, 2.75) is 13.0 Å². The molecule has 0 N–H and O–H groups in total. The summed E-state index contributed by atoms with van der Waals surface area (Å²) in [6.07, 6.45) is -0.139. The highest BCUT2D eigenvalue weighted by Crippen LogP contribution is 2.40. The molecule has 23 heavy (non-hydrogen) atoms. The lowest BCUT2D eigenvalue weighted by Gasteiger charge is -2.34. The summed E-state index contributed by atoms with van der Waals surface area (Å²) in [5.41, 5.74) is 1.21. The zero-order valence-electron chi connectivity index (χ0n) is 12.7. The topological polar surface area (TPSA) is 38.8 Å². The number of hydrogen-bond acceptors (Lipinski definition) is 3. The number of nitrogens with zero attached hydrogens (tertiary/aromatic N) is 1. The number of ether oxygens (including phenoxy) is 2. The van der Waals surface area contributed by atoms with E-state index in [2.05, 4.69) is 22.6 Å². The number of hydrogen-bond donors (Lipinski definition) is 0. The number of methoxy groups -OCH3 is 1. The Balaban J connectivity index is 2.08. The predicted octanol–water partition coefficient (Wildman–Crippen LogP) is 4.38. The minimum absolute atomic E-state index is 0.126. The molecule has 0 aliphatic carbocycles. The summed E-state index contributed by atoms with van der Waals surface area (Å²) >= 11 is 8.40. The van der Waals surface area contributed by atoms with Gasteiger partial charge in [0, 0.05) is 3.57 Å². The lowest BCUT2D eigenvalue weighted by Crippen LogP contribution is -2.42. The molecular formula is C17H15ClINO3. The van der Waals surface area contributed by atoms with E-state index < -0.39 is 0 Å². The molecule has 0 aromatic heterocycles. The van der Waals surface area contributed by atoms with E-state index in [4.69, 9.17) is 21.1 Å². The number of fused-ring (bicyclic) bond motifs is 1. The number of halogens is 2. The summed E-state index contributed by atoms with van der Waals surface area (Å²) in [6.45, 7) is 2.37. The lowest BCUT2D eigenvalue weighted by atomic mass is 10.1. The van der Waals surface area contributed by atoms with Crippen molar-refractivity contribution >= 4 is 45.8 Å². The van der Waals surface area contributed by atoms with Crippen LogP contribution in [0.1, 0.15) is 17.3 Å². The van der Waals surface area contributed by atoms with Crippen LogP contribution in [0.5, 0.6) is 11.5 Å². The zero-order valence-corrected chi connectivity index (χ0v) is 15.6. The molecule has 0 unspecified atom stereocenters. The van der Waals surface area contributed by atoms with Crippen LogP contribution in [0.15, 0.2) is 36.4 Å². The fourth-order valence-electron chi connectivity index (χ4n) is 2.61. The van der Waals surface area contributed by atoms with E-state index in [0.29, 0.717) is 34.3 Å². The molecule has 0 bridgehead atoms. The van der Waals surface area contributed by atoms with Gasteiger partial charge >= 0.3 is 0 Å². The summed E-state index contributed by atoms with van der Waals surface area (Å²) in [6, 6.07) is 10.9. The molecule has 1 aliphatic rings. The molecular weight excluding hydrogens is 429 g/mol. The van der Waals surface area contributed by atoms with Crippen molar-refractivity contribution < 1.29 is 14.3 Å². The first-order chi connectivity index (χ1) is 11.0. The van der Waals surface area contributed by atoms with E-state index in [1.807, 2.05) is 31.2 Å². The van der Waals surface area contributed by atoms with Crippen LogP contribution >= 0.6 is 34.2 Å². The van der Waals surface area contributed by atoms with E-state index in [-0.39, 0.29) is 12.0 Å². The Hall–Kier alpha value is -1.47. The summed E-state index contributed by atoms with van der Waals surface area (Å²) in [4.78, 5) is 14.8. The van der Waals surface area contributed by atoms with Crippen LogP contribution < -0.4 is 14.4 Å².